The minimum Gasteiger partial charge on any atom is -0.443 e. The number of primary amides is 1. The number of hydrogen-bond acceptors (Lipinski definition) is 14. The Kier molecular flexibility index (Phi) is 15.7. The highest BCUT2D eigenvalue weighted by molar-refractivity contribution is 6.08. The molecule has 0 aliphatic carbocycles. The number of piperazine rings is 1. The van der Waals surface area contributed by atoms with Crippen molar-refractivity contribution in [3.8, 4) is 11.3 Å². The smallest absolute Gasteiger partial charge is 0.333 e. The lowest BCUT2D eigenvalue weighted by Crippen LogP contribution is -2.53. The molecule has 5 aromatic rings. The molecule has 0 saturated carbocycles. The maximum absolute atomic E-state index is 16.7. The van der Waals surface area contributed by atoms with Crippen LogP contribution >= 0.6 is 0 Å². The summed E-state index contributed by atoms with van der Waals surface area (Å²) in [4.78, 5) is 94.0. The van der Waals surface area contributed by atoms with Crippen LogP contribution in [0.5, 0.6) is 0 Å². The van der Waals surface area contributed by atoms with E-state index in [9.17, 15) is 28.8 Å². The molecule has 2 aromatic heterocycles. The van der Waals surface area contributed by atoms with Crippen LogP contribution in [0.2, 0.25) is 0 Å². The minimum atomic E-state index is -0.828. The normalized spacial score (nSPS) is 16.5. The summed E-state index contributed by atoms with van der Waals surface area (Å²) in [5.74, 6) is -2.38. The van der Waals surface area contributed by atoms with Crippen LogP contribution < -0.4 is 30.7 Å². The fraction of sp³-hybridized carbons (Fsp3) is 0.448. The number of piperidine rings is 1. The first kappa shape index (κ1) is 54.9. The molecule has 4 aliphatic rings. The number of carbonyl (C=O) groups is 6. The molecule has 412 valence electrons. The monoisotopic (exact) mass is 1070 g/mol. The zero-order valence-electron chi connectivity index (χ0n) is 45.9. The average molecular weight is 1070 g/mol. The minimum absolute atomic E-state index is 0.00461. The summed E-state index contributed by atoms with van der Waals surface area (Å²) >= 11 is 0. The first-order valence-electron chi connectivity index (χ1n) is 26.7. The highest BCUT2D eigenvalue weighted by Crippen LogP contribution is 2.38. The number of urea groups is 1. The van der Waals surface area contributed by atoms with Crippen LogP contribution in [0, 0.1) is 36.4 Å². The van der Waals surface area contributed by atoms with Crippen molar-refractivity contribution >= 4 is 70.1 Å². The number of hydrogen-bond donors (Lipinski definition) is 2. The number of imide groups is 1. The average Bonchev–Trinajstić information content (AvgIpc) is 3.68. The van der Waals surface area contributed by atoms with Crippen molar-refractivity contribution in [2.75, 3.05) is 90.7 Å². The Balaban J connectivity index is 0.792. The van der Waals surface area contributed by atoms with Gasteiger partial charge in [-0.15, -0.1) is 0 Å². The molecule has 19 nitrogen and oxygen atoms in total. The predicted molar refractivity (Wildman–Crippen MR) is 295 cm³/mol. The second-order valence-electron chi connectivity index (χ2n) is 22.7. The van der Waals surface area contributed by atoms with E-state index in [1.54, 1.807) is 76.2 Å². The van der Waals surface area contributed by atoms with Crippen LogP contribution in [-0.4, -0.2) is 126 Å². The molecule has 0 spiro atoms. The number of nitrogens with one attached hydrogen (secondary N) is 1. The molecule has 0 bridgehead atoms. The van der Waals surface area contributed by atoms with E-state index in [4.69, 9.17) is 20.3 Å². The number of fused-ring (bicyclic) bond motifs is 2. The maximum Gasteiger partial charge on any atom is 0.333 e. The zero-order valence-corrected chi connectivity index (χ0v) is 45.9. The van der Waals surface area contributed by atoms with E-state index in [1.807, 2.05) is 30.3 Å². The summed E-state index contributed by atoms with van der Waals surface area (Å²) in [7, 11) is 0. The summed E-state index contributed by atoms with van der Waals surface area (Å²) in [6.45, 7) is 19.8. The van der Waals surface area contributed by atoms with Crippen LogP contribution in [0.4, 0.5) is 43.6 Å². The molecule has 0 atom stereocenters. The van der Waals surface area contributed by atoms with E-state index in [1.165, 1.54) is 24.0 Å². The van der Waals surface area contributed by atoms with E-state index in [0.29, 0.717) is 36.1 Å². The van der Waals surface area contributed by atoms with Crippen molar-refractivity contribution in [2.24, 2.45) is 22.5 Å². The van der Waals surface area contributed by atoms with Gasteiger partial charge in [-0.3, -0.25) is 38.7 Å². The molecule has 5 amide bonds. The number of nitrogens with two attached hydrogens (primary N) is 1. The SMILES string of the molecule is Cc1cccc(N(COC(=O)C(C)(C)C)C(=O)c2ccc(-c3nn4c(c3C(N)=O)Nc3ccc(N5CCN(CC6CCN(c7ccc(N8CCC(=O)N(COC(=O)C(C)(C)C)C8=O)cc7)CC6)CC5)cc3CC4)c(F)c2C)n1. The van der Waals surface area contributed by atoms with Gasteiger partial charge in [0.1, 0.15) is 28.7 Å². The molecule has 9 rings (SSSR count). The van der Waals surface area contributed by atoms with Gasteiger partial charge in [-0.2, -0.15) is 5.10 Å². The number of halogens is 1. The molecular formula is C58H70FN11O8. The van der Waals surface area contributed by atoms with Crippen molar-refractivity contribution in [3.63, 3.8) is 0 Å². The number of amides is 5. The van der Waals surface area contributed by atoms with Gasteiger partial charge in [0.15, 0.2) is 13.5 Å². The third kappa shape index (κ3) is 11.7. The molecule has 4 aliphatic heterocycles. The van der Waals surface area contributed by atoms with Gasteiger partial charge in [0.05, 0.1) is 10.8 Å². The number of esters is 2. The number of aryl methyl sites for hydroxylation is 3. The number of aromatic nitrogens is 3. The molecule has 3 saturated heterocycles. The van der Waals surface area contributed by atoms with Crippen LogP contribution in [-0.2, 0) is 36.8 Å². The summed E-state index contributed by atoms with van der Waals surface area (Å²) in [6, 6.07) is 21.6. The van der Waals surface area contributed by atoms with E-state index in [2.05, 4.69) is 37.1 Å². The van der Waals surface area contributed by atoms with E-state index in [-0.39, 0.29) is 52.6 Å². The Hall–Kier alpha value is -7.87. The summed E-state index contributed by atoms with van der Waals surface area (Å²) < 4.78 is 29.2. The highest BCUT2D eigenvalue weighted by Gasteiger charge is 2.36. The summed E-state index contributed by atoms with van der Waals surface area (Å²) in [5.41, 5.74) is 9.91. The Morgan fingerprint density at radius 2 is 1.42 bits per heavy atom. The molecule has 78 heavy (non-hydrogen) atoms. The Morgan fingerprint density at radius 1 is 0.769 bits per heavy atom. The lowest BCUT2D eigenvalue weighted by molar-refractivity contribution is -0.159. The number of pyridine rings is 1. The molecule has 20 heteroatoms. The van der Waals surface area contributed by atoms with Crippen molar-refractivity contribution in [2.45, 2.75) is 87.6 Å². The summed E-state index contributed by atoms with van der Waals surface area (Å²) in [6.07, 6.45) is 2.86. The van der Waals surface area contributed by atoms with Crippen LogP contribution in [0.3, 0.4) is 0 Å². The molecule has 0 unspecified atom stereocenters. The number of rotatable bonds is 13. The largest absolute Gasteiger partial charge is 0.443 e. The molecule has 3 aromatic carbocycles. The van der Waals surface area contributed by atoms with E-state index >= 15 is 4.39 Å². The lowest BCUT2D eigenvalue weighted by Gasteiger charge is -2.40. The number of ether oxygens (including phenoxy) is 2. The second kappa shape index (κ2) is 22.2. The van der Waals surface area contributed by atoms with Gasteiger partial charge >= 0.3 is 18.0 Å². The lowest BCUT2D eigenvalue weighted by atomic mass is 9.95. The van der Waals surface area contributed by atoms with Gasteiger partial charge in [0, 0.05) is 105 Å². The van der Waals surface area contributed by atoms with Gasteiger partial charge in [0.2, 0.25) is 5.91 Å². The molecule has 6 heterocycles. The summed E-state index contributed by atoms with van der Waals surface area (Å²) in [5, 5.41) is 8.16. The van der Waals surface area contributed by atoms with E-state index in [0.717, 1.165) is 86.2 Å². The van der Waals surface area contributed by atoms with Gasteiger partial charge in [-0.25, -0.2) is 23.8 Å². The quantitative estimate of drug-likeness (QED) is 0.0845. The highest BCUT2D eigenvalue weighted by atomic mass is 19.1. The number of nitrogens with zero attached hydrogens (tertiary/aromatic N) is 9. The molecule has 3 N–H and O–H groups in total. The van der Waals surface area contributed by atoms with Crippen LogP contribution in [0.25, 0.3) is 11.3 Å². The number of anilines is 6. The van der Waals surface area contributed by atoms with E-state index < -0.39 is 59.9 Å². The fourth-order valence-electron chi connectivity index (χ4n) is 10.3. The van der Waals surface area contributed by atoms with Crippen molar-refractivity contribution in [1.29, 1.82) is 0 Å². The standard InChI is InChI=1S/C58H70FN11O8/c1-36-10-9-11-46(61-36)68(34-77-54(74)57(3,4)5)53(73)43-17-18-44(49(59)37(43)2)50-48(51(60)72)52-62-45-19-16-42(32-39(45)22-27-70(52)63-50)66-30-28-64(29-31-66)33-38-20-24-65(25-21-38)40-12-14-41(15-13-40)67-26-23-47(71)69(56(67)76)35-78-55(75)58(6,7)8/h9-19,32,38,62H,20-31,33-35H2,1-8H3,(H2,60,72). The third-order valence-electron chi connectivity index (χ3n) is 15.0. The molecule has 0 radical (unpaired) electrons. The first-order chi connectivity index (χ1) is 37.0. The van der Waals surface area contributed by atoms with Gasteiger partial charge in [0.25, 0.3) is 11.8 Å². The van der Waals surface area contributed by atoms with Crippen LogP contribution in [0.1, 0.15) is 98.3 Å². The van der Waals surface area contributed by atoms with Crippen LogP contribution in [0.15, 0.2) is 72.8 Å². The second-order valence-corrected chi connectivity index (χ2v) is 22.7. The molecule has 3 fully saturated rings. The topological polar surface area (TPSA) is 209 Å². The van der Waals surface area contributed by atoms with Gasteiger partial charge in [-0.1, -0.05) is 6.07 Å². The first-order valence-corrected chi connectivity index (χ1v) is 26.7. The van der Waals surface area contributed by atoms with Crippen molar-refractivity contribution in [1.82, 2.24) is 24.6 Å². The Bertz CT molecular complexity index is 3130. The predicted octanol–water partition coefficient (Wildman–Crippen LogP) is 8.04. The van der Waals surface area contributed by atoms with Gasteiger partial charge in [-0.05, 0) is 158 Å². The fourth-order valence-corrected chi connectivity index (χ4v) is 10.3. The number of carbonyl (C=O) groups excluding carboxylic acids is 6. The Labute approximate surface area is 454 Å². The maximum atomic E-state index is 16.7. The zero-order chi connectivity index (χ0) is 55.8. The Morgan fingerprint density at radius 3 is 2.09 bits per heavy atom. The number of benzene rings is 3. The molecular weight excluding hydrogens is 998 g/mol. The van der Waals surface area contributed by atoms with Gasteiger partial charge < -0.3 is 30.3 Å². The van der Waals surface area contributed by atoms with Crippen molar-refractivity contribution < 1.29 is 42.6 Å². The van der Waals surface area contributed by atoms with Crippen molar-refractivity contribution in [3.05, 3.63) is 107 Å². The third-order valence-corrected chi connectivity index (χ3v) is 15.0.